The van der Waals surface area contributed by atoms with Crippen molar-refractivity contribution in [3.63, 3.8) is 0 Å². The van der Waals surface area contributed by atoms with Crippen molar-refractivity contribution in [3.8, 4) is 0 Å². The first-order chi connectivity index (χ1) is 8.36. The van der Waals surface area contributed by atoms with Gasteiger partial charge in [0.25, 0.3) is 0 Å². The molecule has 0 aromatic carbocycles. The molecule has 1 fully saturated rings. The highest BCUT2D eigenvalue weighted by molar-refractivity contribution is 7.92. The lowest BCUT2D eigenvalue weighted by atomic mass is 9.87. The molecule has 0 amide bonds. The van der Waals surface area contributed by atoms with Gasteiger partial charge in [-0.25, -0.2) is 8.42 Å². The minimum absolute atomic E-state index is 0.167. The van der Waals surface area contributed by atoms with E-state index in [1.807, 2.05) is 0 Å². The van der Waals surface area contributed by atoms with Crippen LogP contribution in [-0.4, -0.2) is 32.0 Å². The first-order valence-corrected chi connectivity index (χ1v) is 9.03. The maximum Gasteiger partial charge on any atom is 0.154 e. The molecule has 4 heteroatoms. The number of hydrogen-bond acceptors (Lipinski definition) is 3. The normalized spacial score (nSPS) is 29.7. The van der Waals surface area contributed by atoms with Crippen molar-refractivity contribution in [3.05, 3.63) is 0 Å². The van der Waals surface area contributed by atoms with Gasteiger partial charge in [-0.05, 0) is 44.1 Å². The Kier molecular flexibility index (Phi) is 6.12. The van der Waals surface area contributed by atoms with Crippen LogP contribution in [0.3, 0.4) is 0 Å². The third-order valence-electron chi connectivity index (χ3n) is 3.96. The van der Waals surface area contributed by atoms with Gasteiger partial charge in [0.2, 0.25) is 0 Å². The van der Waals surface area contributed by atoms with E-state index < -0.39 is 9.84 Å². The number of rotatable bonds is 6. The minimum atomic E-state index is -2.95. The standard InChI is InChI=1S/C14H29NO2S/c1-5-15-13-7-6-12(4)10-14(13)18(16,17)9-8-11(2)3/h11-15H,5-10H2,1-4H3. The molecule has 0 spiro atoms. The predicted molar refractivity (Wildman–Crippen MR) is 77.5 cm³/mol. The second kappa shape index (κ2) is 6.90. The summed E-state index contributed by atoms with van der Waals surface area (Å²) in [5.41, 5.74) is 0. The molecule has 1 aliphatic rings. The van der Waals surface area contributed by atoms with E-state index in [-0.39, 0.29) is 11.3 Å². The molecule has 0 bridgehead atoms. The van der Waals surface area contributed by atoms with E-state index in [1.165, 1.54) is 0 Å². The Bertz CT molecular complexity index is 338. The maximum atomic E-state index is 12.5. The Hall–Kier alpha value is -0.0900. The van der Waals surface area contributed by atoms with Crippen LogP contribution in [0.25, 0.3) is 0 Å². The molecule has 1 N–H and O–H groups in total. The summed E-state index contributed by atoms with van der Waals surface area (Å²) in [6.07, 6.45) is 3.76. The first-order valence-electron chi connectivity index (χ1n) is 7.31. The molecular formula is C14H29NO2S. The summed E-state index contributed by atoms with van der Waals surface area (Å²) >= 11 is 0. The molecule has 0 saturated heterocycles. The van der Waals surface area contributed by atoms with Crippen LogP contribution in [-0.2, 0) is 9.84 Å². The molecule has 108 valence electrons. The average Bonchev–Trinajstić information content (AvgIpc) is 2.29. The van der Waals surface area contributed by atoms with Gasteiger partial charge >= 0.3 is 0 Å². The predicted octanol–water partition coefficient (Wildman–Crippen LogP) is 2.61. The number of nitrogens with one attached hydrogen (secondary N) is 1. The van der Waals surface area contributed by atoms with E-state index in [1.54, 1.807) is 0 Å². The SMILES string of the molecule is CCNC1CCC(C)CC1S(=O)(=O)CCC(C)C. The number of sulfone groups is 1. The minimum Gasteiger partial charge on any atom is -0.313 e. The van der Waals surface area contributed by atoms with Crippen molar-refractivity contribution >= 4 is 9.84 Å². The maximum absolute atomic E-state index is 12.5. The van der Waals surface area contributed by atoms with Crippen LogP contribution in [0.4, 0.5) is 0 Å². The molecule has 0 aromatic rings. The summed E-state index contributed by atoms with van der Waals surface area (Å²) in [5, 5.41) is 3.20. The van der Waals surface area contributed by atoms with E-state index in [4.69, 9.17) is 0 Å². The monoisotopic (exact) mass is 275 g/mol. The molecule has 1 rings (SSSR count). The van der Waals surface area contributed by atoms with Crippen LogP contribution in [0.5, 0.6) is 0 Å². The molecule has 18 heavy (non-hydrogen) atoms. The molecule has 3 unspecified atom stereocenters. The smallest absolute Gasteiger partial charge is 0.154 e. The van der Waals surface area contributed by atoms with Gasteiger partial charge in [0.1, 0.15) is 0 Å². The second-order valence-electron chi connectivity index (χ2n) is 6.17. The van der Waals surface area contributed by atoms with E-state index in [0.29, 0.717) is 17.6 Å². The van der Waals surface area contributed by atoms with Crippen molar-refractivity contribution in [2.45, 2.75) is 64.7 Å². The molecule has 3 atom stereocenters. The zero-order valence-electron chi connectivity index (χ0n) is 12.3. The zero-order chi connectivity index (χ0) is 13.8. The van der Waals surface area contributed by atoms with E-state index in [2.05, 4.69) is 33.0 Å². The summed E-state index contributed by atoms with van der Waals surface area (Å²) in [4.78, 5) is 0. The Balaban J connectivity index is 2.73. The highest BCUT2D eigenvalue weighted by atomic mass is 32.2. The van der Waals surface area contributed by atoms with Crippen molar-refractivity contribution in [1.29, 1.82) is 0 Å². The Labute approximate surface area is 113 Å². The van der Waals surface area contributed by atoms with Crippen LogP contribution in [0.1, 0.15) is 53.4 Å². The van der Waals surface area contributed by atoms with E-state index in [9.17, 15) is 8.42 Å². The summed E-state index contributed by atoms with van der Waals surface area (Å²) in [6, 6.07) is 0.170. The lowest BCUT2D eigenvalue weighted by molar-refractivity contribution is 0.311. The molecule has 3 nitrogen and oxygen atoms in total. The van der Waals surface area contributed by atoms with Gasteiger partial charge in [-0.15, -0.1) is 0 Å². The van der Waals surface area contributed by atoms with Crippen LogP contribution < -0.4 is 5.32 Å². The van der Waals surface area contributed by atoms with Crippen molar-refractivity contribution in [2.75, 3.05) is 12.3 Å². The fourth-order valence-corrected chi connectivity index (χ4v) is 5.23. The quantitative estimate of drug-likeness (QED) is 0.810. The summed E-state index contributed by atoms with van der Waals surface area (Å²) in [7, 11) is -2.95. The molecular weight excluding hydrogens is 246 g/mol. The first kappa shape index (κ1) is 16.0. The van der Waals surface area contributed by atoms with Gasteiger partial charge < -0.3 is 5.32 Å². The molecule has 0 aliphatic heterocycles. The van der Waals surface area contributed by atoms with Crippen LogP contribution in [0.15, 0.2) is 0 Å². The topological polar surface area (TPSA) is 46.2 Å². The van der Waals surface area contributed by atoms with Crippen molar-refractivity contribution in [2.24, 2.45) is 11.8 Å². The molecule has 1 saturated carbocycles. The van der Waals surface area contributed by atoms with Gasteiger partial charge in [-0.1, -0.05) is 27.7 Å². The third kappa shape index (κ3) is 4.54. The fraction of sp³-hybridized carbons (Fsp3) is 1.00. The largest absolute Gasteiger partial charge is 0.313 e. The summed E-state index contributed by atoms with van der Waals surface area (Å²) in [6.45, 7) is 9.25. The number of hydrogen-bond donors (Lipinski definition) is 1. The lowest BCUT2D eigenvalue weighted by Crippen LogP contribution is -2.48. The Morgan fingerprint density at radius 3 is 2.50 bits per heavy atom. The van der Waals surface area contributed by atoms with Gasteiger partial charge in [0.15, 0.2) is 9.84 Å². The highest BCUT2D eigenvalue weighted by Gasteiger charge is 2.36. The second-order valence-corrected chi connectivity index (χ2v) is 8.51. The molecule has 0 heterocycles. The zero-order valence-corrected chi connectivity index (χ0v) is 13.1. The van der Waals surface area contributed by atoms with Gasteiger partial charge in [0, 0.05) is 6.04 Å². The lowest BCUT2D eigenvalue weighted by Gasteiger charge is -2.35. The van der Waals surface area contributed by atoms with E-state index in [0.717, 1.165) is 32.2 Å². The van der Waals surface area contributed by atoms with Crippen LogP contribution >= 0.6 is 0 Å². The Morgan fingerprint density at radius 1 is 1.28 bits per heavy atom. The highest BCUT2D eigenvalue weighted by Crippen LogP contribution is 2.29. The average molecular weight is 275 g/mol. The van der Waals surface area contributed by atoms with Crippen molar-refractivity contribution in [1.82, 2.24) is 5.32 Å². The molecule has 0 aromatic heterocycles. The fourth-order valence-electron chi connectivity index (χ4n) is 2.77. The summed E-state index contributed by atoms with van der Waals surface area (Å²) < 4.78 is 25.0. The van der Waals surface area contributed by atoms with Gasteiger partial charge in [0.05, 0.1) is 11.0 Å². The van der Waals surface area contributed by atoms with Crippen LogP contribution in [0, 0.1) is 11.8 Å². The molecule has 1 aliphatic carbocycles. The van der Waals surface area contributed by atoms with E-state index >= 15 is 0 Å². The Morgan fingerprint density at radius 2 is 1.94 bits per heavy atom. The molecule has 0 radical (unpaired) electrons. The van der Waals surface area contributed by atoms with Gasteiger partial charge in [-0.2, -0.15) is 0 Å². The van der Waals surface area contributed by atoms with Gasteiger partial charge in [-0.3, -0.25) is 0 Å². The third-order valence-corrected chi connectivity index (χ3v) is 6.21. The van der Waals surface area contributed by atoms with Crippen LogP contribution in [0.2, 0.25) is 0 Å². The van der Waals surface area contributed by atoms with Crippen molar-refractivity contribution < 1.29 is 8.42 Å². The summed E-state index contributed by atoms with van der Waals surface area (Å²) in [5.74, 6) is 1.35.